The summed E-state index contributed by atoms with van der Waals surface area (Å²) in [5, 5.41) is 2.80. The minimum absolute atomic E-state index is 0.0148. The first-order valence-electron chi connectivity index (χ1n) is 8.19. The maximum absolute atomic E-state index is 13.9. The van der Waals surface area contributed by atoms with Crippen molar-refractivity contribution in [2.45, 2.75) is 12.7 Å². The van der Waals surface area contributed by atoms with Crippen LogP contribution in [0.2, 0.25) is 0 Å². The number of alkyl halides is 2. The Morgan fingerprint density at radius 3 is 2.04 bits per heavy atom. The lowest BCUT2D eigenvalue weighted by Crippen LogP contribution is -2.30. The zero-order valence-electron chi connectivity index (χ0n) is 14.1. The zero-order chi connectivity index (χ0) is 19.2. The molecule has 0 aromatic heterocycles. The molecule has 0 saturated heterocycles. The minimum atomic E-state index is -2.92. The quantitative estimate of drug-likeness (QED) is 0.666. The molecular weight excluding hydrogens is 355 g/mol. The van der Waals surface area contributed by atoms with Gasteiger partial charge in [-0.25, -0.2) is 4.39 Å². The molecule has 0 spiro atoms. The molecule has 3 aromatic carbocycles. The van der Waals surface area contributed by atoms with E-state index in [1.165, 1.54) is 30.3 Å². The lowest BCUT2D eigenvalue weighted by molar-refractivity contribution is -0.0498. The summed E-state index contributed by atoms with van der Waals surface area (Å²) in [5.74, 6) is -1.18. The Balaban J connectivity index is 1.90. The summed E-state index contributed by atoms with van der Waals surface area (Å²) in [6.45, 7) is -2.92. The molecule has 0 radical (unpaired) electrons. The Morgan fingerprint density at radius 1 is 0.815 bits per heavy atom. The number of benzene rings is 3. The van der Waals surface area contributed by atoms with Crippen LogP contribution in [0.4, 0.5) is 13.2 Å². The van der Waals surface area contributed by atoms with Gasteiger partial charge in [-0.3, -0.25) is 4.79 Å². The number of ether oxygens (including phenoxy) is 1. The molecule has 0 heterocycles. The second-order valence-electron chi connectivity index (χ2n) is 5.74. The average Bonchev–Trinajstić information content (AvgIpc) is 2.67. The van der Waals surface area contributed by atoms with Gasteiger partial charge in [-0.15, -0.1) is 0 Å². The number of halogens is 3. The van der Waals surface area contributed by atoms with Crippen molar-refractivity contribution in [1.82, 2.24) is 5.32 Å². The number of hydrogen-bond donors (Lipinski definition) is 1. The summed E-state index contributed by atoms with van der Waals surface area (Å²) >= 11 is 0. The number of nitrogens with one attached hydrogen (secondary N) is 1. The predicted octanol–water partition coefficient (Wildman–Crippen LogP) is 4.95. The van der Waals surface area contributed by atoms with Gasteiger partial charge in [0, 0.05) is 0 Å². The molecule has 0 aliphatic rings. The van der Waals surface area contributed by atoms with E-state index < -0.39 is 24.4 Å². The summed E-state index contributed by atoms with van der Waals surface area (Å²) < 4.78 is 42.9. The van der Waals surface area contributed by atoms with E-state index in [1.54, 1.807) is 18.2 Å². The van der Waals surface area contributed by atoms with Gasteiger partial charge in [-0.2, -0.15) is 8.78 Å². The highest BCUT2D eigenvalue weighted by Gasteiger charge is 2.20. The van der Waals surface area contributed by atoms with Gasteiger partial charge in [0.15, 0.2) is 0 Å². The molecule has 0 fully saturated rings. The van der Waals surface area contributed by atoms with Gasteiger partial charge >= 0.3 is 6.61 Å². The normalized spacial score (nSPS) is 11.9. The molecular formula is C21H16F3NO2. The smallest absolute Gasteiger partial charge is 0.387 e. The summed E-state index contributed by atoms with van der Waals surface area (Å²) in [6, 6.07) is 20.1. The van der Waals surface area contributed by atoms with Gasteiger partial charge in [-0.1, -0.05) is 54.6 Å². The van der Waals surface area contributed by atoms with E-state index in [2.05, 4.69) is 10.1 Å². The van der Waals surface area contributed by atoms with Gasteiger partial charge < -0.3 is 10.1 Å². The highest BCUT2D eigenvalue weighted by Crippen LogP contribution is 2.25. The molecule has 27 heavy (non-hydrogen) atoms. The lowest BCUT2D eigenvalue weighted by Gasteiger charge is -2.20. The van der Waals surface area contributed by atoms with Crippen LogP contribution in [0.3, 0.4) is 0 Å². The van der Waals surface area contributed by atoms with Crippen LogP contribution >= 0.6 is 0 Å². The molecule has 138 valence electrons. The third-order valence-corrected chi connectivity index (χ3v) is 3.97. The molecule has 0 saturated carbocycles. The second-order valence-corrected chi connectivity index (χ2v) is 5.74. The van der Waals surface area contributed by atoms with E-state index in [0.717, 1.165) is 5.56 Å². The third-order valence-electron chi connectivity index (χ3n) is 3.97. The van der Waals surface area contributed by atoms with Crippen molar-refractivity contribution in [1.29, 1.82) is 0 Å². The van der Waals surface area contributed by atoms with Crippen LogP contribution in [0, 0.1) is 5.82 Å². The maximum Gasteiger partial charge on any atom is 0.387 e. The van der Waals surface area contributed by atoms with Crippen LogP contribution in [-0.2, 0) is 0 Å². The van der Waals surface area contributed by atoms with Crippen LogP contribution in [0.15, 0.2) is 78.9 Å². The monoisotopic (exact) mass is 371 g/mol. The molecule has 0 aliphatic carbocycles. The van der Waals surface area contributed by atoms with Gasteiger partial charge in [-0.05, 0) is 35.4 Å². The predicted molar refractivity (Wildman–Crippen MR) is 95.2 cm³/mol. The Morgan fingerprint density at radius 2 is 1.41 bits per heavy atom. The molecule has 3 rings (SSSR count). The van der Waals surface area contributed by atoms with Gasteiger partial charge in [0.1, 0.15) is 11.6 Å². The van der Waals surface area contributed by atoms with Crippen LogP contribution in [0.5, 0.6) is 5.75 Å². The first-order chi connectivity index (χ1) is 13.0. The summed E-state index contributed by atoms with van der Waals surface area (Å²) in [5.41, 5.74) is 1.34. The molecule has 0 aliphatic heterocycles. The molecule has 6 heteroatoms. The van der Waals surface area contributed by atoms with Gasteiger partial charge in [0.05, 0.1) is 11.6 Å². The van der Waals surface area contributed by atoms with E-state index in [4.69, 9.17) is 0 Å². The summed E-state index contributed by atoms with van der Waals surface area (Å²) in [6.07, 6.45) is 0. The van der Waals surface area contributed by atoms with Crippen molar-refractivity contribution in [2.24, 2.45) is 0 Å². The SMILES string of the molecule is O=C(N[C@@H](c1ccccc1)c1ccc(OC(F)F)cc1)c1ccccc1F. The molecule has 1 N–H and O–H groups in total. The Hall–Kier alpha value is -3.28. The zero-order valence-corrected chi connectivity index (χ0v) is 14.1. The molecule has 0 bridgehead atoms. The van der Waals surface area contributed by atoms with Crippen molar-refractivity contribution in [3.8, 4) is 5.75 Å². The fraction of sp³-hybridized carbons (Fsp3) is 0.0952. The first kappa shape index (κ1) is 18.5. The number of carbonyl (C=O) groups excluding carboxylic acids is 1. The van der Waals surface area contributed by atoms with E-state index >= 15 is 0 Å². The van der Waals surface area contributed by atoms with Crippen LogP contribution in [0.25, 0.3) is 0 Å². The fourth-order valence-electron chi connectivity index (χ4n) is 2.70. The summed E-state index contributed by atoms with van der Waals surface area (Å²) in [7, 11) is 0. The van der Waals surface area contributed by atoms with Crippen molar-refractivity contribution in [3.63, 3.8) is 0 Å². The molecule has 0 unspecified atom stereocenters. The van der Waals surface area contributed by atoms with E-state index in [0.29, 0.717) is 5.56 Å². The number of carbonyl (C=O) groups is 1. The van der Waals surface area contributed by atoms with Crippen LogP contribution < -0.4 is 10.1 Å². The van der Waals surface area contributed by atoms with Gasteiger partial charge in [0.25, 0.3) is 5.91 Å². The van der Waals surface area contributed by atoms with Crippen LogP contribution in [0.1, 0.15) is 27.5 Å². The standard InChI is InChI=1S/C21H16F3NO2/c22-18-9-5-4-8-17(18)20(26)25-19(14-6-2-1-3-7-14)15-10-12-16(13-11-15)27-21(23)24/h1-13,19,21H,(H,25,26)/t19-/m0/s1. The fourth-order valence-corrected chi connectivity index (χ4v) is 2.70. The first-order valence-corrected chi connectivity index (χ1v) is 8.19. The van der Waals surface area contributed by atoms with Gasteiger partial charge in [0.2, 0.25) is 0 Å². The van der Waals surface area contributed by atoms with Crippen LogP contribution in [-0.4, -0.2) is 12.5 Å². The molecule has 3 nitrogen and oxygen atoms in total. The average molecular weight is 371 g/mol. The third kappa shape index (κ3) is 4.67. The maximum atomic E-state index is 13.9. The Bertz CT molecular complexity index is 899. The minimum Gasteiger partial charge on any atom is -0.435 e. The summed E-state index contributed by atoms with van der Waals surface area (Å²) in [4.78, 5) is 12.6. The van der Waals surface area contributed by atoms with E-state index in [1.807, 2.05) is 30.3 Å². The largest absolute Gasteiger partial charge is 0.435 e. The number of hydrogen-bond acceptors (Lipinski definition) is 2. The van der Waals surface area contributed by atoms with Crippen molar-refractivity contribution in [2.75, 3.05) is 0 Å². The number of amides is 1. The Labute approximate surface area is 154 Å². The van der Waals surface area contributed by atoms with Crippen molar-refractivity contribution < 1.29 is 22.7 Å². The molecule has 1 atom stereocenters. The topological polar surface area (TPSA) is 38.3 Å². The van der Waals surface area contributed by atoms with Crippen molar-refractivity contribution >= 4 is 5.91 Å². The molecule has 1 amide bonds. The van der Waals surface area contributed by atoms with E-state index in [9.17, 15) is 18.0 Å². The van der Waals surface area contributed by atoms with E-state index in [-0.39, 0.29) is 11.3 Å². The number of rotatable bonds is 6. The van der Waals surface area contributed by atoms with Crippen molar-refractivity contribution in [3.05, 3.63) is 101 Å². The highest BCUT2D eigenvalue weighted by atomic mass is 19.3. The lowest BCUT2D eigenvalue weighted by atomic mass is 9.98. The second kappa shape index (κ2) is 8.40. The Kier molecular flexibility index (Phi) is 5.76. The molecule has 3 aromatic rings. The highest BCUT2D eigenvalue weighted by molar-refractivity contribution is 5.94.